The summed E-state index contributed by atoms with van der Waals surface area (Å²) in [6.07, 6.45) is 0. The van der Waals surface area contributed by atoms with Gasteiger partial charge < -0.3 is 15.4 Å². The molecule has 1 aromatic carbocycles. The average Bonchev–Trinajstić information content (AvgIpc) is 2.35. The molecule has 7 heteroatoms. The fourth-order valence-electron chi connectivity index (χ4n) is 1.30. The quantitative estimate of drug-likeness (QED) is 0.782. The molecule has 0 unspecified atom stereocenters. The van der Waals surface area contributed by atoms with E-state index < -0.39 is 5.91 Å². The van der Waals surface area contributed by atoms with Gasteiger partial charge >= 0.3 is 0 Å². The first-order valence-corrected chi connectivity index (χ1v) is 6.28. The standard InChI is InChI=1S/C12H14Cl2N2O3/c1-19-3-2-15-11(17)7-16-12(18)8-4-9(13)6-10(14)5-8/h4-6H,2-3,7H2,1H3,(H,15,17)(H,16,18). The maximum atomic E-state index is 11.8. The molecule has 0 heterocycles. The Morgan fingerprint density at radius 1 is 1.16 bits per heavy atom. The van der Waals surface area contributed by atoms with E-state index in [1.807, 2.05) is 0 Å². The molecular weight excluding hydrogens is 291 g/mol. The van der Waals surface area contributed by atoms with E-state index in [2.05, 4.69) is 10.6 Å². The number of halogens is 2. The second-order valence-corrected chi connectivity index (χ2v) is 4.56. The van der Waals surface area contributed by atoms with Crippen molar-refractivity contribution in [3.8, 4) is 0 Å². The Labute approximate surface area is 121 Å². The third-order valence-corrected chi connectivity index (χ3v) is 2.60. The van der Waals surface area contributed by atoms with Gasteiger partial charge in [-0.1, -0.05) is 23.2 Å². The van der Waals surface area contributed by atoms with Crippen molar-refractivity contribution in [1.29, 1.82) is 0 Å². The van der Waals surface area contributed by atoms with E-state index >= 15 is 0 Å². The minimum Gasteiger partial charge on any atom is -0.383 e. The number of amides is 2. The number of nitrogens with one attached hydrogen (secondary N) is 2. The Kier molecular flexibility index (Phi) is 6.62. The summed E-state index contributed by atoms with van der Waals surface area (Å²) < 4.78 is 4.78. The summed E-state index contributed by atoms with van der Waals surface area (Å²) in [5, 5.41) is 5.78. The van der Waals surface area contributed by atoms with Gasteiger partial charge in [0, 0.05) is 29.3 Å². The zero-order valence-electron chi connectivity index (χ0n) is 10.3. The van der Waals surface area contributed by atoms with Crippen LogP contribution in [0.2, 0.25) is 10.0 Å². The molecule has 0 fully saturated rings. The molecule has 2 N–H and O–H groups in total. The van der Waals surface area contributed by atoms with E-state index in [0.29, 0.717) is 28.8 Å². The monoisotopic (exact) mass is 304 g/mol. The molecule has 5 nitrogen and oxygen atoms in total. The van der Waals surface area contributed by atoms with Crippen LogP contribution in [-0.4, -0.2) is 38.6 Å². The van der Waals surface area contributed by atoms with Gasteiger partial charge in [0.2, 0.25) is 5.91 Å². The lowest BCUT2D eigenvalue weighted by Crippen LogP contribution is -2.38. The Morgan fingerprint density at radius 2 is 1.79 bits per heavy atom. The van der Waals surface area contributed by atoms with Crippen molar-refractivity contribution in [2.45, 2.75) is 0 Å². The fraction of sp³-hybridized carbons (Fsp3) is 0.333. The van der Waals surface area contributed by atoms with Crippen LogP contribution in [0.15, 0.2) is 18.2 Å². The van der Waals surface area contributed by atoms with Crippen molar-refractivity contribution in [3.63, 3.8) is 0 Å². The number of methoxy groups -OCH3 is 1. The summed E-state index contributed by atoms with van der Waals surface area (Å²) in [6.45, 7) is 0.699. The molecule has 1 rings (SSSR count). The van der Waals surface area contributed by atoms with E-state index in [1.165, 1.54) is 25.3 Å². The van der Waals surface area contributed by atoms with E-state index in [9.17, 15) is 9.59 Å². The fourth-order valence-corrected chi connectivity index (χ4v) is 1.83. The highest BCUT2D eigenvalue weighted by atomic mass is 35.5. The molecule has 0 aliphatic rings. The highest BCUT2D eigenvalue weighted by molar-refractivity contribution is 6.35. The predicted molar refractivity (Wildman–Crippen MR) is 73.7 cm³/mol. The summed E-state index contributed by atoms with van der Waals surface area (Å²) in [6, 6.07) is 4.48. The van der Waals surface area contributed by atoms with Gasteiger partial charge in [-0.25, -0.2) is 0 Å². The van der Waals surface area contributed by atoms with E-state index in [4.69, 9.17) is 27.9 Å². The van der Waals surface area contributed by atoms with Gasteiger partial charge in [0.1, 0.15) is 0 Å². The molecule has 0 bridgehead atoms. The van der Waals surface area contributed by atoms with Gasteiger partial charge in [0.05, 0.1) is 13.2 Å². The van der Waals surface area contributed by atoms with E-state index in [0.717, 1.165) is 0 Å². The van der Waals surface area contributed by atoms with Crippen molar-refractivity contribution >= 4 is 35.0 Å². The third-order valence-electron chi connectivity index (χ3n) is 2.16. The lowest BCUT2D eigenvalue weighted by atomic mass is 10.2. The van der Waals surface area contributed by atoms with Crippen LogP contribution in [0.4, 0.5) is 0 Å². The minimum atomic E-state index is -0.411. The van der Waals surface area contributed by atoms with Crippen LogP contribution in [0, 0.1) is 0 Å². The number of carbonyl (C=O) groups excluding carboxylic acids is 2. The van der Waals surface area contributed by atoms with Crippen molar-refractivity contribution in [3.05, 3.63) is 33.8 Å². The molecule has 0 aliphatic heterocycles. The molecule has 1 aromatic rings. The summed E-state index contributed by atoms with van der Waals surface area (Å²) >= 11 is 11.6. The van der Waals surface area contributed by atoms with Crippen LogP contribution < -0.4 is 10.6 Å². The maximum Gasteiger partial charge on any atom is 0.251 e. The molecule has 0 radical (unpaired) electrons. The van der Waals surface area contributed by atoms with Gasteiger partial charge in [-0.3, -0.25) is 9.59 Å². The molecular formula is C12H14Cl2N2O3. The van der Waals surface area contributed by atoms with Crippen LogP contribution in [0.25, 0.3) is 0 Å². The Hall–Kier alpha value is -1.30. The maximum absolute atomic E-state index is 11.8. The summed E-state index contributed by atoms with van der Waals surface area (Å²) in [5.41, 5.74) is 0.308. The summed E-state index contributed by atoms with van der Waals surface area (Å²) in [5.74, 6) is -0.704. The zero-order chi connectivity index (χ0) is 14.3. The minimum absolute atomic E-state index is 0.118. The molecule has 2 amide bonds. The number of carbonyl (C=O) groups is 2. The van der Waals surface area contributed by atoms with Gasteiger partial charge in [0.15, 0.2) is 0 Å². The number of hydrogen-bond acceptors (Lipinski definition) is 3. The van der Waals surface area contributed by atoms with E-state index in [-0.39, 0.29) is 12.5 Å². The van der Waals surface area contributed by atoms with Crippen LogP contribution >= 0.6 is 23.2 Å². The third kappa shape index (κ3) is 5.92. The first-order chi connectivity index (χ1) is 9.02. The van der Waals surface area contributed by atoms with Crippen LogP contribution in [-0.2, 0) is 9.53 Å². The van der Waals surface area contributed by atoms with Gasteiger partial charge in [-0.2, -0.15) is 0 Å². The van der Waals surface area contributed by atoms with Crippen LogP contribution in [0.5, 0.6) is 0 Å². The number of hydrogen-bond donors (Lipinski definition) is 2. The largest absolute Gasteiger partial charge is 0.383 e. The van der Waals surface area contributed by atoms with Crippen molar-refractivity contribution in [2.75, 3.05) is 26.8 Å². The number of rotatable bonds is 6. The normalized spacial score (nSPS) is 10.1. The lowest BCUT2D eigenvalue weighted by Gasteiger charge is -2.07. The lowest BCUT2D eigenvalue weighted by molar-refractivity contribution is -0.120. The summed E-state index contributed by atoms with van der Waals surface area (Å²) in [4.78, 5) is 23.1. The first-order valence-electron chi connectivity index (χ1n) is 5.53. The molecule has 0 aliphatic carbocycles. The second kappa shape index (κ2) is 7.99. The van der Waals surface area contributed by atoms with Crippen molar-refractivity contribution in [2.24, 2.45) is 0 Å². The molecule has 0 saturated carbocycles. The Balaban J connectivity index is 2.44. The highest BCUT2D eigenvalue weighted by Gasteiger charge is 2.09. The molecule has 19 heavy (non-hydrogen) atoms. The van der Waals surface area contributed by atoms with E-state index in [1.54, 1.807) is 0 Å². The number of ether oxygens (including phenoxy) is 1. The molecule has 0 aromatic heterocycles. The molecule has 0 atom stereocenters. The molecule has 0 spiro atoms. The zero-order valence-corrected chi connectivity index (χ0v) is 11.8. The van der Waals surface area contributed by atoms with Gasteiger partial charge in [-0.05, 0) is 18.2 Å². The highest BCUT2D eigenvalue weighted by Crippen LogP contribution is 2.18. The average molecular weight is 305 g/mol. The van der Waals surface area contributed by atoms with Gasteiger partial charge in [0.25, 0.3) is 5.91 Å². The SMILES string of the molecule is COCCNC(=O)CNC(=O)c1cc(Cl)cc(Cl)c1. The molecule has 0 saturated heterocycles. The van der Waals surface area contributed by atoms with Crippen molar-refractivity contribution < 1.29 is 14.3 Å². The first kappa shape index (κ1) is 15.8. The van der Waals surface area contributed by atoms with Crippen molar-refractivity contribution in [1.82, 2.24) is 10.6 Å². The topological polar surface area (TPSA) is 67.4 Å². The number of benzene rings is 1. The predicted octanol–water partition coefficient (Wildman–Crippen LogP) is 1.49. The van der Waals surface area contributed by atoms with Crippen LogP contribution in [0.3, 0.4) is 0 Å². The summed E-state index contributed by atoms with van der Waals surface area (Å²) in [7, 11) is 1.54. The van der Waals surface area contributed by atoms with Crippen LogP contribution in [0.1, 0.15) is 10.4 Å². The second-order valence-electron chi connectivity index (χ2n) is 3.68. The Morgan fingerprint density at radius 3 is 2.37 bits per heavy atom. The van der Waals surface area contributed by atoms with Gasteiger partial charge in [-0.15, -0.1) is 0 Å². The molecule has 104 valence electrons. The Bertz CT molecular complexity index is 446. The smallest absolute Gasteiger partial charge is 0.251 e.